The maximum Gasteiger partial charge on any atom is 0.164 e. The number of ketones is 1. The minimum Gasteiger partial charge on any atom is -0.395 e. The van der Waals surface area contributed by atoms with Crippen LogP contribution >= 0.6 is 0 Å². The van der Waals surface area contributed by atoms with Gasteiger partial charge in [0.1, 0.15) is 5.82 Å². The molecule has 17 heavy (non-hydrogen) atoms. The Labute approximate surface area is 101 Å². The summed E-state index contributed by atoms with van der Waals surface area (Å²) >= 11 is 0. The van der Waals surface area contributed by atoms with E-state index in [1.165, 1.54) is 13.0 Å². The van der Waals surface area contributed by atoms with Gasteiger partial charge in [-0.2, -0.15) is 0 Å². The summed E-state index contributed by atoms with van der Waals surface area (Å²) in [6, 6.07) is 4.64. The second-order valence-electron chi connectivity index (χ2n) is 4.20. The Hall–Kier alpha value is -1.42. The molecule has 0 bridgehead atoms. The van der Waals surface area contributed by atoms with Gasteiger partial charge in [0.05, 0.1) is 17.9 Å². The average Bonchev–Trinajstić information content (AvgIpc) is 2.24. The lowest BCUT2D eigenvalue weighted by molar-refractivity contribution is 0.101. The van der Waals surface area contributed by atoms with E-state index in [1.807, 2.05) is 18.7 Å². The highest BCUT2D eigenvalue weighted by Crippen LogP contribution is 2.25. The van der Waals surface area contributed by atoms with Gasteiger partial charge in [-0.05, 0) is 32.9 Å². The summed E-state index contributed by atoms with van der Waals surface area (Å²) in [5.41, 5.74) is 0.635. The third-order valence-electron chi connectivity index (χ3n) is 2.62. The molecule has 1 rings (SSSR count). The molecule has 1 aromatic rings. The first-order chi connectivity index (χ1) is 7.99. The Bertz CT molecular complexity index is 404. The van der Waals surface area contributed by atoms with Gasteiger partial charge >= 0.3 is 0 Å². The van der Waals surface area contributed by atoms with E-state index in [9.17, 15) is 9.18 Å². The summed E-state index contributed by atoms with van der Waals surface area (Å²) in [6.07, 6.45) is 0. The maximum absolute atomic E-state index is 13.7. The molecule has 0 unspecified atom stereocenters. The molecule has 3 nitrogen and oxygen atoms in total. The Morgan fingerprint density at radius 3 is 2.59 bits per heavy atom. The first-order valence-electron chi connectivity index (χ1n) is 5.66. The van der Waals surface area contributed by atoms with Crippen LogP contribution in [0.2, 0.25) is 0 Å². The third-order valence-corrected chi connectivity index (χ3v) is 2.62. The van der Waals surface area contributed by atoms with Crippen LogP contribution < -0.4 is 4.90 Å². The van der Waals surface area contributed by atoms with Crippen molar-refractivity contribution in [2.75, 3.05) is 18.1 Å². The second-order valence-corrected chi connectivity index (χ2v) is 4.20. The number of rotatable bonds is 5. The highest BCUT2D eigenvalue weighted by atomic mass is 19.1. The summed E-state index contributed by atoms with van der Waals surface area (Å²) < 4.78 is 13.7. The van der Waals surface area contributed by atoms with Gasteiger partial charge in [0, 0.05) is 12.6 Å². The zero-order chi connectivity index (χ0) is 13.0. The normalized spacial score (nSPS) is 10.7. The van der Waals surface area contributed by atoms with E-state index in [0.29, 0.717) is 12.2 Å². The van der Waals surface area contributed by atoms with Crippen molar-refractivity contribution in [1.82, 2.24) is 0 Å². The van der Waals surface area contributed by atoms with Gasteiger partial charge in [-0.1, -0.05) is 6.07 Å². The topological polar surface area (TPSA) is 40.5 Å². The molecule has 0 aromatic heterocycles. The SMILES string of the molecule is CC(=O)c1c(F)cccc1N(CCO)C(C)C. The molecule has 0 aliphatic rings. The van der Waals surface area contributed by atoms with E-state index < -0.39 is 5.82 Å². The van der Waals surface area contributed by atoms with E-state index in [4.69, 9.17) is 5.11 Å². The molecule has 0 fully saturated rings. The van der Waals surface area contributed by atoms with E-state index >= 15 is 0 Å². The second kappa shape index (κ2) is 5.77. The minimum absolute atomic E-state index is 0.0357. The fraction of sp³-hybridized carbons (Fsp3) is 0.462. The fourth-order valence-corrected chi connectivity index (χ4v) is 1.87. The zero-order valence-corrected chi connectivity index (χ0v) is 10.4. The lowest BCUT2D eigenvalue weighted by atomic mass is 10.1. The van der Waals surface area contributed by atoms with Crippen molar-refractivity contribution in [2.24, 2.45) is 0 Å². The van der Waals surface area contributed by atoms with Crippen LogP contribution in [0.15, 0.2) is 18.2 Å². The van der Waals surface area contributed by atoms with Crippen molar-refractivity contribution in [3.05, 3.63) is 29.6 Å². The summed E-state index contributed by atoms with van der Waals surface area (Å²) in [4.78, 5) is 13.3. The van der Waals surface area contributed by atoms with E-state index in [2.05, 4.69) is 0 Å². The number of benzene rings is 1. The predicted octanol–water partition coefficient (Wildman–Crippen LogP) is 2.24. The highest BCUT2D eigenvalue weighted by Gasteiger charge is 2.19. The quantitative estimate of drug-likeness (QED) is 0.801. The van der Waals surface area contributed by atoms with Crippen LogP contribution in [0.4, 0.5) is 10.1 Å². The maximum atomic E-state index is 13.7. The lowest BCUT2D eigenvalue weighted by Gasteiger charge is -2.29. The van der Waals surface area contributed by atoms with E-state index in [1.54, 1.807) is 12.1 Å². The summed E-state index contributed by atoms with van der Waals surface area (Å²) in [5, 5.41) is 9.03. The van der Waals surface area contributed by atoms with Crippen molar-refractivity contribution >= 4 is 11.5 Å². The monoisotopic (exact) mass is 239 g/mol. The van der Waals surface area contributed by atoms with Gasteiger partial charge in [0.2, 0.25) is 0 Å². The van der Waals surface area contributed by atoms with Gasteiger partial charge in [-0.25, -0.2) is 4.39 Å². The number of halogens is 1. The Balaban J connectivity index is 3.27. The smallest absolute Gasteiger partial charge is 0.164 e. The summed E-state index contributed by atoms with van der Waals surface area (Å²) in [6.45, 7) is 5.56. The highest BCUT2D eigenvalue weighted by molar-refractivity contribution is 6.00. The average molecular weight is 239 g/mol. The van der Waals surface area contributed by atoms with Crippen molar-refractivity contribution < 1.29 is 14.3 Å². The standard InChI is InChI=1S/C13H18FNO2/c1-9(2)15(7-8-16)12-6-4-5-11(14)13(12)10(3)17/h4-6,9,16H,7-8H2,1-3H3. The number of aliphatic hydroxyl groups excluding tert-OH is 1. The number of hydrogen-bond acceptors (Lipinski definition) is 3. The van der Waals surface area contributed by atoms with Crippen LogP contribution in [0.5, 0.6) is 0 Å². The molecule has 0 aliphatic heterocycles. The molecule has 4 heteroatoms. The van der Waals surface area contributed by atoms with E-state index in [0.717, 1.165) is 0 Å². The van der Waals surface area contributed by atoms with Crippen molar-refractivity contribution in [3.63, 3.8) is 0 Å². The lowest BCUT2D eigenvalue weighted by Crippen LogP contribution is -2.34. The molecule has 1 N–H and O–H groups in total. The van der Waals surface area contributed by atoms with Crippen molar-refractivity contribution in [2.45, 2.75) is 26.8 Å². The molecule has 0 aliphatic carbocycles. The van der Waals surface area contributed by atoms with Gasteiger partial charge in [-0.3, -0.25) is 4.79 Å². The number of hydrogen-bond donors (Lipinski definition) is 1. The Morgan fingerprint density at radius 2 is 2.12 bits per heavy atom. The van der Waals surface area contributed by atoms with Crippen LogP contribution in [0.1, 0.15) is 31.1 Å². The molecule has 0 heterocycles. The molecular formula is C13H18FNO2. The molecule has 94 valence electrons. The van der Waals surface area contributed by atoms with Crippen LogP contribution in [0.3, 0.4) is 0 Å². The Kier molecular flexibility index (Phi) is 4.63. The number of carbonyl (C=O) groups excluding carboxylic acids is 1. The van der Waals surface area contributed by atoms with Gasteiger partial charge in [0.25, 0.3) is 0 Å². The number of aliphatic hydroxyl groups is 1. The van der Waals surface area contributed by atoms with Crippen LogP contribution in [0.25, 0.3) is 0 Å². The van der Waals surface area contributed by atoms with Crippen LogP contribution in [-0.2, 0) is 0 Å². The number of anilines is 1. The largest absolute Gasteiger partial charge is 0.395 e. The number of carbonyl (C=O) groups is 1. The minimum atomic E-state index is -0.515. The summed E-state index contributed by atoms with van der Waals surface area (Å²) in [5.74, 6) is -0.819. The molecule has 1 aromatic carbocycles. The molecule has 0 atom stereocenters. The first-order valence-corrected chi connectivity index (χ1v) is 5.66. The van der Waals surface area contributed by atoms with Crippen LogP contribution in [-0.4, -0.2) is 30.1 Å². The van der Waals surface area contributed by atoms with Crippen LogP contribution in [0, 0.1) is 5.82 Å². The first kappa shape index (κ1) is 13.6. The molecule has 0 spiro atoms. The van der Waals surface area contributed by atoms with Gasteiger partial charge in [0.15, 0.2) is 5.78 Å². The molecule has 0 amide bonds. The van der Waals surface area contributed by atoms with Gasteiger partial charge in [-0.15, -0.1) is 0 Å². The van der Waals surface area contributed by atoms with Crippen molar-refractivity contribution in [3.8, 4) is 0 Å². The third kappa shape index (κ3) is 3.03. The molecule has 0 saturated heterocycles. The molecule has 0 radical (unpaired) electrons. The summed E-state index contributed by atoms with van der Waals surface area (Å²) in [7, 11) is 0. The Morgan fingerprint density at radius 1 is 1.47 bits per heavy atom. The van der Waals surface area contributed by atoms with E-state index in [-0.39, 0.29) is 24.0 Å². The number of nitrogens with zero attached hydrogens (tertiary/aromatic N) is 1. The zero-order valence-electron chi connectivity index (χ0n) is 10.4. The number of Topliss-reactive ketones (excluding diaryl/α,β-unsaturated/α-hetero) is 1. The van der Waals surface area contributed by atoms with Crippen molar-refractivity contribution in [1.29, 1.82) is 0 Å². The fourth-order valence-electron chi connectivity index (χ4n) is 1.87. The van der Waals surface area contributed by atoms with Gasteiger partial charge < -0.3 is 10.0 Å². The predicted molar refractivity (Wildman–Crippen MR) is 66.0 cm³/mol. The molecule has 0 saturated carbocycles. The molecular weight excluding hydrogens is 221 g/mol.